The first-order valence-corrected chi connectivity index (χ1v) is 13.0. The van der Waals surface area contributed by atoms with Crippen LogP contribution in [0, 0.1) is 24.0 Å². The molecule has 2 heterocycles. The van der Waals surface area contributed by atoms with E-state index in [-0.39, 0.29) is 34.9 Å². The van der Waals surface area contributed by atoms with Crippen molar-refractivity contribution in [1.82, 2.24) is 9.99 Å². The molecular weight excluding hydrogens is 536 g/mol. The van der Waals surface area contributed by atoms with Gasteiger partial charge < -0.3 is 18.5 Å². The first kappa shape index (κ1) is 28.4. The van der Waals surface area contributed by atoms with Gasteiger partial charge >= 0.3 is 11.6 Å². The number of carbonyl (C=O) groups excluding carboxylic acids is 1. The highest BCUT2D eigenvalue weighted by Crippen LogP contribution is 2.36. The summed E-state index contributed by atoms with van der Waals surface area (Å²) in [6.45, 7) is 7.92. The minimum atomic E-state index is -0.596. The molecule has 0 aliphatic heterocycles. The second-order valence-corrected chi connectivity index (χ2v) is 9.55. The van der Waals surface area contributed by atoms with Crippen molar-refractivity contribution >= 4 is 29.4 Å². The minimum absolute atomic E-state index is 0.00502. The first-order chi connectivity index (χ1) is 19.2. The van der Waals surface area contributed by atoms with Crippen LogP contribution in [-0.2, 0) is 6.61 Å². The summed E-state index contributed by atoms with van der Waals surface area (Å²) in [5, 5.41) is 15.5. The Morgan fingerprint density at radius 1 is 1.15 bits per heavy atom. The molecule has 0 bridgehead atoms. The molecule has 10 nitrogen and oxygen atoms in total. The smallest absolute Gasteiger partial charge is 0.313 e. The molecule has 0 fully saturated rings. The van der Waals surface area contributed by atoms with Crippen LogP contribution in [0.25, 0.3) is 5.69 Å². The molecule has 4 aromatic rings. The number of aryl methyl sites for hydroxylation is 2. The maximum Gasteiger partial charge on any atom is 0.313 e. The lowest BCUT2D eigenvalue weighted by Gasteiger charge is -2.14. The lowest BCUT2D eigenvalue weighted by molar-refractivity contribution is -0.386. The molecule has 11 heteroatoms. The van der Waals surface area contributed by atoms with Crippen LogP contribution in [0.4, 0.5) is 5.69 Å². The van der Waals surface area contributed by atoms with Gasteiger partial charge in [0.05, 0.1) is 22.3 Å². The fourth-order valence-electron chi connectivity index (χ4n) is 3.93. The van der Waals surface area contributed by atoms with Gasteiger partial charge in [-0.3, -0.25) is 14.9 Å². The van der Waals surface area contributed by atoms with Crippen LogP contribution in [0.5, 0.6) is 11.5 Å². The van der Waals surface area contributed by atoms with Crippen molar-refractivity contribution in [1.29, 1.82) is 0 Å². The highest BCUT2D eigenvalue weighted by Gasteiger charge is 2.22. The fourth-order valence-corrected chi connectivity index (χ4v) is 4.20. The van der Waals surface area contributed by atoms with Gasteiger partial charge in [-0.15, -0.1) is 0 Å². The molecule has 1 amide bonds. The molecule has 2 aromatic carbocycles. The van der Waals surface area contributed by atoms with E-state index in [9.17, 15) is 14.9 Å². The first-order valence-electron chi connectivity index (χ1n) is 12.6. The molecule has 1 N–H and O–H groups in total. The zero-order chi connectivity index (χ0) is 28.8. The SMILES string of the molecule is CC[C@H](C)Oc1c(Cl)cc(/C=N/NC(=O)c2ccc(COc3ccc(-n4c(C)ccc4C)cc3)o2)cc1[N+](=O)[O-]. The number of halogens is 1. The van der Waals surface area contributed by atoms with Gasteiger partial charge in [0.15, 0.2) is 5.76 Å². The maximum absolute atomic E-state index is 12.5. The third-order valence-electron chi connectivity index (χ3n) is 6.15. The van der Waals surface area contributed by atoms with Crippen molar-refractivity contribution in [3.8, 4) is 17.2 Å². The van der Waals surface area contributed by atoms with Gasteiger partial charge in [-0.1, -0.05) is 18.5 Å². The van der Waals surface area contributed by atoms with Crippen LogP contribution in [0.3, 0.4) is 0 Å². The van der Waals surface area contributed by atoms with E-state index in [4.69, 9.17) is 25.5 Å². The fraction of sp³-hybridized carbons (Fsp3) is 0.241. The lowest BCUT2D eigenvalue weighted by atomic mass is 10.2. The average Bonchev–Trinajstić information content (AvgIpc) is 3.55. The normalized spacial score (nSPS) is 11.9. The number of nitro groups is 1. The van der Waals surface area contributed by atoms with Crippen molar-refractivity contribution in [2.45, 2.75) is 46.8 Å². The van der Waals surface area contributed by atoms with Crippen molar-refractivity contribution in [2.24, 2.45) is 5.10 Å². The number of hydrogen-bond donors (Lipinski definition) is 1. The quantitative estimate of drug-likeness (QED) is 0.122. The molecule has 0 radical (unpaired) electrons. The summed E-state index contributed by atoms with van der Waals surface area (Å²) in [5.74, 6) is 0.545. The largest absolute Gasteiger partial charge is 0.486 e. The van der Waals surface area contributed by atoms with Crippen LogP contribution in [0.2, 0.25) is 5.02 Å². The van der Waals surface area contributed by atoms with Gasteiger partial charge in [0, 0.05) is 28.7 Å². The Hall–Kier alpha value is -4.57. The molecule has 0 spiro atoms. The Morgan fingerprint density at radius 2 is 1.85 bits per heavy atom. The predicted octanol–water partition coefficient (Wildman–Crippen LogP) is 6.77. The molecule has 0 unspecified atom stereocenters. The third kappa shape index (κ3) is 6.70. The van der Waals surface area contributed by atoms with Crippen molar-refractivity contribution in [2.75, 3.05) is 0 Å². The van der Waals surface area contributed by atoms with Crippen molar-refractivity contribution in [3.05, 3.63) is 104 Å². The molecular formula is C29H29ClN4O6. The maximum atomic E-state index is 12.5. The summed E-state index contributed by atoms with van der Waals surface area (Å²) in [6.07, 6.45) is 1.66. The molecule has 40 heavy (non-hydrogen) atoms. The summed E-state index contributed by atoms with van der Waals surface area (Å²) in [5.41, 5.74) is 5.69. The molecule has 0 saturated carbocycles. The van der Waals surface area contributed by atoms with Gasteiger partial charge in [0.25, 0.3) is 0 Å². The number of ether oxygens (including phenoxy) is 2. The lowest BCUT2D eigenvalue weighted by Crippen LogP contribution is -2.17. The predicted molar refractivity (Wildman–Crippen MR) is 152 cm³/mol. The standard InChI is InChI=1S/C29H29ClN4O6/c1-5-20(4)39-28-25(30)14-21(15-26(28)34(36)37)16-31-32-29(35)27-13-12-24(40-27)17-38-23-10-8-22(9-11-23)33-18(2)6-7-19(33)3/h6-16,20H,5,17H2,1-4H3,(H,32,35)/b31-16+/t20-/m0/s1. The number of furan rings is 1. The summed E-state index contributed by atoms with van der Waals surface area (Å²) in [7, 11) is 0. The molecule has 4 rings (SSSR count). The zero-order valence-corrected chi connectivity index (χ0v) is 23.3. The van der Waals surface area contributed by atoms with E-state index in [1.54, 1.807) is 13.0 Å². The van der Waals surface area contributed by atoms with E-state index in [1.807, 2.05) is 31.2 Å². The molecule has 1 atom stereocenters. The van der Waals surface area contributed by atoms with Gasteiger partial charge in [0.2, 0.25) is 5.75 Å². The number of carbonyl (C=O) groups is 1. The number of aromatic nitrogens is 1. The van der Waals surface area contributed by atoms with Gasteiger partial charge in [-0.2, -0.15) is 5.10 Å². The Balaban J connectivity index is 1.34. The van der Waals surface area contributed by atoms with Crippen molar-refractivity contribution in [3.63, 3.8) is 0 Å². The molecule has 2 aromatic heterocycles. The second-order valence-electron chi connectivity index (χ2n) is 9.14. The zero-order valence-electron chi connectivity index (χ0n) is 22.5. The number of hydrogen-bond acceptors (Lipinski definition) is 7. The number of rotatable bonds is 11. The van der Waals surface area contributed by atoms with E-state index < -0.39 is 10.8 Å². The van der Waals surface area contributed by atoms with Crippen LogP contribution in [0.15, 0.2) is 70.2 Å². The van der Waals surface area contributed by atoms with E-state index in [1.165, 1.54) is 24.4 Å². The van der Waals surface area contributed by atoms with Gasteiger partial charge in [0.1, 0.15) is 18.1 Å². The number of nitro benzene ring substituents is 1. The van der Waals surface area contributed by atoms with Crippen molar-refractivity contribution < 1.29 is 23.6 Å². The summed E-state index contributed by atoms with van der Waals surface area (Å²) in [4.78, 5) is 23.4. The summed E-state index contributed by atoms with van der Waals surface area (Å²) in [6, 6.07) is 17.7. The topological polar surface area (TPSA) is 121 Å². The number of nitrogens with one attached hydrogen (secondary N) is 1. The van der Waals surface area contributed by atoms with Crippen LogP contribution >= 0.6 is 11.6 Å². The highest BCUT2D eigenvalue weighted by atomic mass is 35.5. The third-order valence-corrected chi connectivity index (χ3v) is 6.43. The van der Waals surface area contributed by atoms with E-state index >= 15 is 0 Å². The number of amides is 1. The van der Waals surface area contributed by atoms with Gasteiger partial charge in [-0.25, -0.2) is 5.43 Å². The monoisotopic (exact) mass is 564 g/mol. The van der Waals surface area contributed by atoms with Crippen LogP contribution < -0.4 is 14.9 Å². The molecule has 0 aliphatic carbocycles. The number of nitrogens with zero attached hydrogens (tertiary/aromatic N) is 3. The summed E-state index contributed by atoms with van der Waals surface area (Å²) >= 11 is 6.23. The molecule has 0 aliphatic rings. The van der Waals surface area contributed by atoms with Crippen LogP contribution in [0.1, 0.15) is 53.5 Å². The Labute approximate surface area is 236 Å². The minimum Gasteiger partial charge on any atom is -0.486 e. The van der Waals surface area contributed by atoms with E-state index in [0.29, 0.717) is 23.5 Å². The van der Waals surface area contributed by atoms with E-state index in [0.717, 1.165) is 17.1 Å². The Morgan fingerprint density at radius 3 is 2.50 bits per heavy atom. The second kappa shape index (κ2) is 12.5. The summed E-state index contributed by atoms with van der Waals surface area (Å²) < 4.78 is 19.1. The highest BCUT2D eigenvalue weighted by molar-refractivity contribution is 6.32. The average molecular weight is 565 g/mol. The number of benzene rings is 2. The van der Waals surface area contributed by atoms with Crippen LogP contribution in [-0.4, -0.2) is 27.7 Å². The Bertz CT molecular complexity index is 1520. The molecule has 0 saturated heterocycles. The number of hydrazone groups is 1. The van der Waals surface area contributed by atoms with E-state index in [2.05, 4.69) is 41.1 Å². The van der Waals surface area contributed by atoms with Gasteiger partial charge in [-0.05, 0) is 81.8 Å². The molecule has 208 valence electrons. The Kier molecular flexibility index (Phi) is 8.90.